The number of anilines is 1. The first-order valence-corrected chi connectivity index (χ1v) is 9.12. The standard InChI is InChI=1S/C14H16BrN3O4S/c1-4-23(20,21)22-12-8-16-18(3)13(12)14(19)17-11-6-5-10(15)7-9(11)2/h5-8H,4H2,1-3H3,(H,17,19). The first-order valence-electron chi connectivity index (χ1n) is 6.75. The lowest BCUT2D eigenvalue weighted by molar-refractivity contribution is 0.101. The molecule has 0 saturated carbocycles. The highest BCUT2D eigenvalue weighted by Gasteiger charge is 2.22. The van der Waals surface area contributed by atoms with Crippen molar-refractivity contribution in [2.75, 3.05) is 11.1 Å². The maximum Gasteiger partial charge on any atom is 0.309 e. The van der Waals surface area contributed by atoms with Gasteiger partial charge in [-0.1, -0.05) is 15.9 Å². The average molecular weight is 402 g/mol. The van der Waals surface area contributed by atoms with E-state index in [0.29, 0.717) is 5.69 Å². The number of carbonyl (C=O) groups is 1. The summed E-state index contributed by atoms with van der Waals surface area (Å²) in [6, 6.07) is 5.40. The van der Waals surface area contributed by atoms with Crippen LogP contribution in [0.3, 0.4) is 0 Å². The normalized spacial score (nSPS) is 11.3. The number of benzene rings is 1. The first kappa shape index (κ1) is 17.5. The van der Waals surface area contributed by atoms with Crippen LogP contribution in [0.4, 0.5) is 5.69 Å². The molecule has 0 radical (unpaired) electrons. The lowest BCUT2D eigenvalue weighted by Crippen LogP contribution is -2.19. The highest BCUT2D eigenvalue weighted by Crippen LogP contribution is 2.24. The molecule has 0 spiro atoms. The quantitative estimate of drug-likeness (QED) is 0.777. The van der Waals surface area contributed by atoms with Gasteiger partial charge < -0.3 is 9.50 Å². The molecule has 0 aliphatic carbocycles. The minimum Gasteiger partial charge on any atom is -0.378 e. The van der Waals surface area contributed by atoms with Gasteiger partial charge in [-0.05, 0) is 37.6 Å². The van der Waals surface area contributed by atoms with Crippen LogP contribution in [0.5, 0.6) is 5.75 Å². The molecule has 0 bridgehead atoms. The number of aryl methyl sites for hydroxylation is 2. The number of nitrogens with one attached hydrogen (secondary N) is 1. The summed E-state index contributed by atoms with van der Waals surface area (Å²) in [6.07, 6.45) is 1.20. The number of nitrogens with zero attached hydrogens (tertiary/aromatic N) is 2. The Labute approximate surface area is 142 Å². The van der Waals surface area contributed by atoms with Crippen molar-refractivity contribution in [1.29, 1.82) is 0 Å². The van der Waals surface area contributed by atoms with Gasteiger partial charge in [-0.15, -0.1) is 0 Å². The van der Waals surface area contributed by atoms with Gasteiger partial charge in [0.1, 0.15) is 0 Å². The van der Waals surface area contributed by atoms with Crippen LogP contribution in [0, 0.1) is 6.92 Å². The zero-order valence-electron chi connectivity index (χ0n) is 12.8. The van der Waals surface area contributed by atoms with Crippen LogP contribution in [0.1, 0.15) is 23.0 Å². The van der Waals surface area contributed by atoms with Gasteiger partial charge in [0.05, 0.1) is 11.9 Å². The van der Waals surface area contributed by atoms with Gasteiger partial charge in [-0.3, -0.25) is 9.48 Å². The summed E-state index contributed by atoms with van der Waals surface area (Å²) in [6.45, 7) is 3.30. The molecule has 0 saturated heterocycles. The lowest BCUT2D eigenvalue weighted by atomic mass is 10.2. The number of carbonyl (C=O) groups excluding carboxylic acids is 1. The molecule has 1 aromatic heterocycles. The van der Waals surface area contributed by atoms with Crippen LogP contribution in [0.15, 0.2) is 28.9 Å². The van der Waals surface area contributed by atoms with E-state index < -0.39 is 16.0 Å². The third-order valence-electron chi connectivity index (χ3n) is 3.13. The Hall–Kier alpha value is -1.87. The van der Waals surface area contributed by atoms with Crippen LogP contribution in [0.25, 0.3) is 0 Å². The fraction of sp³-hybridized carbons (Fsp3) is 0.286. The van der Waals surface area contributed by atoms with Crippen LogP contribution in [0.2, 0.25) is 0 Å². The zero-order valence-corrected chi connectivity index (χ0v) is 15.2. The molecule has 1 N–H and O–H groups in total. The van der Waals surface area contributed by atoms with Gasteiger partial charge in [0, 0.05) is 17.2 Å². The Morgan fingerprint density at radius 2 is 2.13 bits per heavy atom. The second kappa shape index (κ2) is 6.71. The van der Waals surface area contributed by atoms with E-state index in [2.05, 4.69) is 26.3 Å². The van der Waals surface area contributed by atoms with Crippen molar-refractivity contribution in [2.24, 2.45) is 7.05 Å². The monoisotopic (exact) mass is 401 g/mol. The Morgan fingerprint density at radius 3 is 2.74 bits per heavy atom. The van der Waals surface area contributed by atoms with Crippen LogP contribution in [-0.4, -0.2) is 29.9 Å². The third kappa shape index (κ3) is 4.11. The zero-order chi connectivity index (χ0) is 17.2. The molecule has 0 unspecified atom stereocenters. The van der Waals surface area contributed by atoms with Gasteiger partial charge in [0.2, 0.25) is 0 Å². The maximum absolute atomic E-state index is 12.5. The second-order valence-corrected chi connectivity index (χ2v) is 7.60. The molecular weight excluding hydrogens is 386 g/mol. The highest BCUT2D eigenvalue weighted by molar-refractivity contribution is 9.10. The number of hydrogen-bond donors (Lipinski definition) is 1. The second-order valence-electron chi connectivity index (χ2n) is 4.82. The summed E-state index contributed by atoms with van der Waals surface area (Å²) in [5.41, 5.74) is 1.51. The number of hydrogen-bond acceptors (Lipinski definition) is 5. The van der Waals surface area contributed by atoms with E-state index in [-0.39, 0.29) is 17.2 Å². The molecule has 0 atom stereocenters. The molecule has 9 heteroatoms. The van der Waals surface area contributed by atoms with Crippen LogP contribution in [-0.2, 0) is 17.2 Å². The third-order valence-corrected chi connectivity index (χ3v) is 4.76. The molecule has 2 aromatic rings. The van der Waals surface area contributed by atoms with Crippen LogP contribution < -0.4 is 9.50 Å². The molecule has 124 valence electrons. The number of rotatable bonds is 5. The minimum absolute atomic E-state index is 0.0318. The van der Waals surface area contributed by atoms with Crippen LogP contribution >= 0.6 is 15.9 Å². The fourth-order valence-corrected chi connectivity index (χ4v) is 2.87. The molecular formula is C14H16BrN3O4S. The molecule has 0 fully saturated rings. The average Bonchev–Trinajstić information content (AvgIpc) is 2.82. The predicted molar refractivity (Wildman–Crippen MR) is 90.1 cm³/mol. The van der Waals surface area contributed by atoms with E-state index in [1.54, 1.807) is 12.1 Å². The number of halogens is 1. The van der Waals surface area contributed by atoms with Crippen molar-refractivity contribution in [3.8, 4) is 5.75 Å². The number of amides is 1. The molecule has 1 aromatic carbocycles. The SMILES string of the molecule is CCS(=O)(=O)Oc1cnn(C)c1C(=O)Nc1ccc(Br)cc1C. The molecule has 0 aliphatic heterocycles. The van der Waals surface area contributed by atoms with E-state index in [9.17, 15) is 13.2 Å². The summed E-state index contributed by atoms with van der Waals surface area (Å²) < 4.78 is 30.3. The molecule has 0 aliphatic rings. The number of aromatic nitrogens is 2. The van der Waals surface area contributed by atoms with E-state index in [1.807, 2.05) is 13.0 Å². The fourth-order valence-electron chi connectivity index (χ4n) is 1.88. The molecule has 1 amide bonds. The summed E-state index contributed by atoms with van der Waals surface area (Å²) in [4.78, 5) is 12.5. The lowest BCUT2D eigenvalue weighted by Gasteiger charge is -2.10. The molecule has 2 rings (SSSR count). The van der Waals surface area contributed by atoms with Crippen molar-refractivity contribution in [2.45, 2.75) is 13.8 Å². The van der Waals surface area contributed by atoms with Gasteiger partial charge in [-0.2, -0.15) is 13.5 Å². The van der Waals surface area contributed by atoms with E-state index >= 15 is 0 Å². The largest absolute Gasteiger partial charge is 0.378 e. The summed E-state index contributed by atoms with van der Waals surface area (Å²) in [5, 5.41) is 6.62. The predicted octanol–water partition coefficient (Wildman–Crippen LogP) is 2.47. The van der Waals surface area contributed by atoms with Crippen molar-refractivity contribution in [1.82, 2.24) is 9.78 Å². The highest BCUT2D eigenvalue weighted by atomic mass is 79.9. The van der Waals surface area contributed by atoms with Gasteiger partial charge in [0.15, 0.2) is 11.4 Å². The van der Waals surface area contributed by atoms with Crippen molar-refractivity contribution in [3.05, 3.63) is 40.1 Å². The van der Waals surface area contributed by atoms with Gasteiger partial charge in [-0.25, -0.2) is 0 Å². The maximum atomic E-state index is 12.5. The topological polar surface area (TPSA) is 90.3 Å². The summed E-state index contributed by atoms with van der Waals surface area (Å²) >= 11 is 3.35. The summed E-state index contributed by atoms with van der Waals surface area (Å²) in [5.74, 6) is -0.798. The molecule has 7 nitrogen and oxygen atoms in total. The first-order chi connectivity index (χ1) is 10.7. The van der Waals surface area contributed by atoms with Crippen molar-refractivity contribution < 1.29 is 17.4 Å². The molecule has 1 heterocycles. The van der Waals surface area contributed by atoms with E-state index in [1.165, 1.54) is 24.9 Å². The Bertz CT molecular complexity index is 846. The summed E-state index contributed by atoms with van der Waals surface area (Å²) in [7, 11) is -2.20. The Balaban J connectivity index is 2.31. The van der Waals surface area contributed by atoms with Crippen molar-refractivity contribution >= 4 is 37.6 Å². The minimum atomic E-state index is -3.74. The Morgan fingerprint density at radius 1 is 1.43 bits per heavy atom. The van der Waals surface area contributed by atoms with Gasteiger partial charge >= 0.3 is 10.1 Å². The van der Waals surface area contributed by atoms with E-state index in [0.717, 1.165) is 10.0 Å². The van der Waals surface area contributed by atoms with E-state index in [4.69, 9.17) is 4.18 Å². The smallest absolute Gasteiger partial charge is 0.309 e. The molecule has 23 heavy (non-hydrogen) atoms. The Kier molecular flexibility index (Phi) is 5.10. The van der Waals surface area contributed by atoms with Crippen molar-refractivity contribution in [3.63, 3.8) is 0 Å². The van der Waals surface area contributed by atoms with Gasteiger partial charge in [0.25, 0.3) is 5.91 Å².